The fourth-order valence-corrected chi connectivity index (χ4v) is 0.998. The smallest absolute Gasteiger partial charge is 0.0405 e. The van der Waals surface area contributed by atoms with Crippen LogP contribution in [0.3, 0.4) is 0 Å². The maximum absolute atomic E-state index is 3.69. The Bertz CT molecular complexity index is 88.4. The molecule has 1 rings (SSSR count). The van der Waals surface area contributed by atoms with Crippen molar-refractivity contribution in [2.75, 3.05) is 0 Å². The van der Waals surface area contributed by atoms with Crippen LogP contribution in [-0.2, 0) is 0 Å². The average Bonchev–Trinajstić information content (AvgIpc) is 2.48. The van der Waals surface area contributed by atoms with Gasteiger partial charge in [0.2, 0.25) is 0 Å². The Labute approximate surface area is 50.8 Å². The van der Waals surface area contributed by atoms with Crippen LogP contribution in [0.5, 0.6) is 0 Å². The summed E-state index contributed by atoms with van der Waals surface area (Å²) in [6, 6.07) is 1.40. The van der Waals surface area contributed by atoms with Gasteiger partial charge in [0.25, 0.3) is 0 Å². The van der Waals surface area contributed by atoms with E-state index >= 15 is 0 Å². The SMILES string of the molecule is C=CC1NC1CCC. The van der Waals surface area contributed by atoms with Crippen molar-refractivity contribution in [1.82, 2.24) is 5.32 Å². The Kier molecular flexibility index (Phi) is 1.69. The van der Waals surface area contributed by atoms with E-state index in [1.54, 1.807) is 0 Å². The van der Waals surface area contributed by atoms with Gasteiger partial charge in [-0.05, 0) is 6.42 Å². The zero-order valence-corrected chi connectivity index (χ0v) is 5.35. The normalized spacial score (nSPS) is 34.6. The van der Waals surface area contributed by atoms with Crippen LogP contribution in [0.1, 0.15) is 19.8 Å². The second-order valence-electron chi connectivity index (χ2n) is 2.32. The molecule has 0 aliphatic carbocycles. The molecule has 0 aromatic carbocycles. The van der Waals surface area contributed by atoms with Crippen LogP contribution in [0.15, 0.2) is 12.7 Å². The molecule has 1 nitrogen and oxygen atoms in total. The van der Waals surface area contributed by atoms with Gasteiger partial charge in [-0.15, -0.1) is 6.58 Å². The van der Waals surface area contributed by atoms with Crippen molar-refractivity contribution < 1.29 is 0 Å². The quantitative estimate of drug-likeness (QED) is 0.430. The van der Waals surface area contributed by atoms with Crippen LogP contribution in [0.25, 0.3) is 0 Å². The van der Waals surface area contributed by atoms with Gasteiger partial charge in [0.1, 0.15) is 0 Å². The van der Waals surface area contributed by atoms with Gasteiger partial charge in [-0.2, -0.15) is 0 Å². The van der Waals surface area contributed by atoms with E-state index in [0.717, 1.165) is 6.04 Å². The van der Waals surface area contributed by atoms with Gasteiger partial charge in [-0.3, -0.25) is 0 Å². The van der Waals surface area contributed by atoms with Crippen molar-refractivity contribution >= 4 is 0 Å². The summed E-state index contributed by atoms with van der Waals surface area (Å²) in [5.74, 6) is 0. The topological polar surface area (TPSA) is 21.9 Å². The molecule has 8 heavy (non-hydrogen) atoms. The summed E-state index contributed by atoms with van der Waals surface area (Å²) in [6.07, 6.45) is 4.57. The summed E-state index contributed by atoms with van der Waals surface area (Å²) < 4.78 is 0. The van der Waals surface area contributed by atoms with Crippen LogP contribution >= 0.6 is 0 Å². The molecule has 0 saturated carbocycles. The minimum atomic E-state index is 0.634. The molecule has 1 heterocycles. The fourth-order valence-electron chi connectivity index (χ4n) is 0.998. The maximum atomic E-state index is 3.69. The number of nitrogens with one attached hydrogen (secondary N) is 1. The van der Waals surface area contributed by atoms with Crippen molar-refractivity contribution in [1.29, 1.82) is 0 Å². The molecule has 1 N–H and O–H groups in total. The molecule has 2 atom stereocenters. The highest BCUT2D eigenvalue weighted by atomic mass is 15.1. The number of hydrogen-bond donors (Lipinski definition) is 1. The van der Waals surface area contributed by atoms with E-state index in [-0.39, 0.29) is 0 Å². The third-order valence-corrected chi connectivity index (χ3v) is 1.58. The summed E-state index contributed by atoms with van der Waals surface area (Å²) in [6.45, 7) is 5.90. The molecule has 1 fully saturated rings. The Hall–Kier alpha value is -0.300. The van der Waals surface area contributed by atoms with Crippen molar-refractivity contribution in [3.8, 4) is 0 Å². The fraction of sp³-hybridized carbons (Fsp3) is 0.714. The predicted octanol–water partition coefficient (Wildman–Crippen LogP) is 1.31. The van der Waals surface area contributed by atoms with Crippen molar-refractivity contribution in [2.24, 2.45) is 0 Å². The molecule has 1 heteroatoms. The molecule has 2 unspecified atom stereocenters. The lowest BCUT2D eigenvalue weighted by Crippen LogP contribution is -1.88. The summed E-state index contributed by atoms with van der Waals surface area (Å²) in [7, 11) is 0. The second-order valence-corrected chi connectivity index (χ2v) is 2.32. The number of hydrogen-bond acceptors (Lipinski definition) is 1. The predicted molar refractivity (Wildman–Crippen MR) is 35.8 cm³/mol. The van der Waals surface area contributed by atoms with Gasteiger partial charge in [0.05, 0.1) is 0 Å². The molecule has 0 aromatic heterocycles. The summed E-state index contributed by atoms with van der Waals surface area (Å²) >= 11 is 0. The molecular formula is C7H13N. The van der Waals surface area contributed by atoms with E-state index in [9.17, 15) is 0 Å². The van der Waals surface area contributed by atoms with Gasteiger partial charge in [-0.25, -0.2) is 0 Å². The third-order valence-electron chi connectivity index (χ3n) is 1.58. The first kappa shape index (κ1) is 5.83. The number of rotatable bonds is 3. The van der Waals surface area contributed by atoms with Crippen LogP contribution in [-0.4, -0.2) is 12.1 Å². The van der Waals surface area contributed by atoms with E-state index in [2.05, 4.69) is 18.8 Å². The van der Waals surface area contributed by atoms with Crippen molar-refractivity contribution in [3.63, 3.8) is 0 Å². The van der Waals surface area contributed by atoms with Gasteiger partial charge < -0.3 is 5.32 Å². The van der Waals surface area contributed by atoms with Crippen LogP contribution < -0.4 is 5.32 Å². The average molecular weight is 111 g/mol. The molecule has 1 aliphatic heterocycles. The molecule has 0 spiro atoms. The minimum absolute atomic E-state index is 0.634. The molecule has 0 amide bonds. The first-order chi connectivity index (χ1) is 3.88. The van der Waals surface area contributed by atoms with Gasteiger partial charge in [-0.1, -0.05) is 19.4 Å². The van der Waals surface area contributed by atoms with Gasteiger partial charge in [0, 0.05) is 12.1 Å². The van der Waals surface area contributed by atoms with Crippen molar-refractivity contribution in [2.45, 2.75) is 31.8 Å². The van der Waals surface area contributed by atoms with Crippen molar-refractivity contribution in [3.05, 3.63) is 12.7 Å². The third kappa shape index (κ3) is 1.10. The van der Waals surface area contributed by atoms with E-state index < -0.39 is 0 Å². The summed E-state index contributed by atoms with van der Waals surface area (Å²) in [5.41, 5.74) is 0. The molecular weight excluding hydrogens is 98.1 g/mol. The second kappa shape index (κ2) is 2.31. The van der Waals surface area contributed by atoms with Gasteiger partial charge in [0.15, 0.2) is 0 Å². The Morgan fingerprint density at radius 2 is 2.50 bits per heavy atom. The summed E-state index contributed by atoms with van der Waals surface area (Å²) in [4.78, 5) is 0. The van der Waals surface area contributed by atoms with E-state index in [1.165, 1.54) is 12.8 Å². The molecule has 1 aliphatic rings. The minimum Gasteiger partial charge on any atom is -0.304 e. The van der Waals surface area contributed by atoms with Crippen LogP contribution in [0, 0.1) is 0 Å². The van der Waals surface area contributed by atoms with Crippen LogP contribution in [0.4, 0.5) is 0 Å². The monoisotopic (exact) mass is 111 g/mol. The lowest BCUT2D eigenvalue weighted by molar-refractivity contribution is 0.771. The van der Waals surface area contributed by atoms with Crippen LogP contribution in [0.2, 0.25) is 0 Å². The molecule has 0 radical (unpaired) electrons. The molecule has 46 valence electrons. The first-order valence-corrected chi connectivity index (χ1v) is 3.27. The largest absolute Gasteiger partial charge is 0.304 e. The highest BCUT2D eigenvalue weighted by Crippen LogP contribution is 2.16. The maximum Gasteiger partial charge on any atom is 0.0405 e. The Morgan fingerprint density at radius 3 is 2.88 bits per heavy atom. The standard InChI is InChI=1S/C7H13N/c1-3-5-7-6(4-2)8-7/h4,6-8H,2-3,5H2,1H3. The first-order valence-electron chi connectivity index (χ1n) is 3.27. The van der Waals surface area contributed by atoms with Gasteiger partial charge >= 0.3 is 0 Å². The highest BCUT2D eigenvalue weighted by molar-refractivity contribution is 5.07. The lowest BCUT2D eigenvalue weighted by atomic mass is 10.2. The molecule has 0 aromatic rings. The summed E-state index contributed by atoms with van der Waals surface area (Å²) in [5, 5.41) is 3.30. The zero-order valence-electron chi connectivity index (χ0n) is 5.35. The highest BCUT2D eigenvalue weighted by Gasteiger charge is 2.31. The molecule has 0 bridgehead atoms. The zero-order chi connectivity index (χ0) is 5.98. The van der Waals surface area contributed by atoms with E-state index in [0.29, 0.717) is 6.04 Å². The Balaban J connectivity index is 2.07. The molecule has 1 saturated heterocycles. The van der Waals surface area contributed by atoms with E-state index in [4.69, 9.17) is 0 Å². The Morgan fingerprint density at radius 1 is 1.75 bits per heavy atom. The lowest BCUT2D eigenvalue weighted by Gasteiger charge is -1.84. The van der Waals surface area contributed by atoms with E-state index in [1.807, 2.05) is 6.08 Å².